The lowest BCUT2D eigenvalue weighted by molar-refractivity contribution is -0.128. The number of amides is 1. The van der Waals surface area contributed by atoms with E-state index in [1.807, 2.05) is 68.1 Å². The first kappa shape index (κ1) is 33.9. The standard InChI is InChI=1S/C33H41ClN2O3.C2H6/c1-7-13-30-29(9-3)35-27(21-33(5,6)16-17-37)20-31(36(30)23(4)38)26-18-25(8-2)32(28(34)19-26)39-22-24-14-11-10-12-15-24;1-2/h9-15,17-20,31,35H,7-8,16,21-22H2,1-6H3;1-2H3/b29-9+,30-13+;. The summed E-state index contributed by atoms with van der Waals surface area (Å²) in [4.78, 5) is 26.4. The number of rotatable bonds is 10. The molecule has 2 aromatic carbocycles. The van der Waals surface area contributed by atoms with Crippen molar-refractivity contribution in [2.75, 3.05) is 0 Å². The van der Waals surface area contributed by atoms with Gasteiger partial charge in [0.15, 0.2) is 0 Å². The van der Waals surface area contributed by atoms with Gasteiger partial charge in [-0.2, -0.15) is 0 Å². The maximum absolute atomic E-state index is 13.2. The largest absolute Gasteiger partial charge is 0.487 e. The Morgan fingerprint density at radius 1 is 1.15 bits per heavy atom. The number of carbonyl (C=O) groups excluding carboxylic acids is 2. The van der Waals surface area contributed by atoms with Crippen LogP contribution in [-0.2, 0) is 22.6 Å². The highest BCUT2D eigenvalue weighted by Gasteiger charge is 2.32. The van der Waals surface area contributed by atoms with Gasteiger partial charge in [0.05, 0.1) is 22.5 Å². The number of hydrogen-bond donors (Lipinski definition) is 1. The molecule has 1 atom stereocenters. The predicted octanol–water partition coefficient (Wildman–Crippen LogP) is 9.09. The molecule has 0 spiro atoms. The number of aldehydes is 1. The molecule has 1 aliphatic heterocycles. The van der Waals surface area contributed by atoms with Gasteiger partial charge in [0, 0.05) is 19.0 Å². The number of nitrogens with one attached hydrogen (secondary N) is 1. The lowest BCUT2D eigenvalue weighted by Gasteiger charge is -2.31. The maximum atomic E-state index is 13.2. The monoisotopic (exact) mass is 578 g/mol. The Morgan fingerprint density at radius 2 is 1.83 bits per heavy atom. The van der Waals surface area contributed by atoms with E-state index in [0.717, 1.165) is 52.9 Å². The van der Waals surface area contributed by atoms with Crippen molar-refractivity contribution < 1.29 is 14.3 Å². The Labute approximate surface area is 252 Å². The first-order valence-electron chi connectivity index (χ1n) is 14.7. The SMILES string of the molecule is C/C=C1/NC(CC(C)(C)CC=O)=CC(c2cc(Cl)c(OCc3ccccc3)c(CC)c2)N(C(C)=O)/C1=C/CC.CC. The number of nitrogens with zero attached hydrogens (tertiary/aromatic N) is 1. The van der Waals surface area contributed by atoms with Gasteiger partial charge < -0.3 is 14.8 Å². The fourth-order valence-electron chi connectivity index (χ4n) is 4.97. The Hall–Kier alpha value is -3.31. The third-order valence-corrected chi connectivity index (χ3v) is 7.17. The van der Waals surface area contributed by atoms with Crippen LogP contribution in [0.5, 0.6) is 5.75 Å². The number of ether oxygens (including phenoxy) is 1. The van der Waals surface area contributed by atoms with Crippen molar-refractivity contribution in [2.24, 2.45) is 5.41 Å². The molecule has 1 unspecified atom stereocenters. The molecule has 1 amide bonds. The smallest absolute Gasteiger partial charge is 0.224 e. The van der Waals surface area contributed by atoms with Gasteiger partial charge in [0.2, 0.25) is 5.91 Å². The van der Waals surface area contributed by atoms with Crippen LogP contribution in [0.4, 0.5) is 0 Å². The highest BCUT2D eigenvalue weighted by Crippen LogP contribution is 2.40. The van der Waals surface area contributed by atoms with Crippen LogP contribution < -0.4 is 10.1 Å². The first-order chi connectivity index (χ1) is 19.6. The molecule has 5 nitrogen and oxygen atoms in total. The maximum Gasteiger partial charge on any atom is 0.224 e. The minimum atomic E-state index is -0.391. The van der Waals surface area contributed by atoms with Crippen LogP contribution in [0.2, 0.25) is 5.02 Å². The van der Waals surface area contributed by atoms with Crippen molar-refractivity contribution in [1.82, 2.24) is 10.2 Å². The van der Waals surface area contributed by atoms with Gasteiger partial charge in [-0.1, -0.05) is 95.6 Å². The van der Waals surface area contributed by atoms with E-state index < -0.39 is 6.04 Å². The second-order valence-electron chi connectivity index (χ2n) is 10.7. The fourth-order valence-corrected chi connectivity index (χ4v) is 5.27. The van der Waals surface area contributed by atoms with Gasteiger partial charge in [-0.3, -0.25) is 9.69 Å². The molecule has 222 valence electrons. The zero-order valence-electron chi connectivity index (χ0n) is 26.0. The average molecular weight is 579 g/mol. The summed E-state index contributed by atoms with van der Waals surface area (Å²) in [6, 6.07) is 13.6. The highest BCUT2D eigenvalue weighted by atomic mass is 35.5. The number of halogens is 1. The van der Waals surface area contributed by atoms with Crippen molar-refractivity contribution in [3.63, 3.8) is 0 Å². The topological polar surface area (TPSA) is 58.6 Å². The molecule has 0 saturated heterocycles. The van der Waals surface area contributed by atoms with E-state index in [9.17, 15) is 9.59 Å². The van der Waals surface area contributed by atoms with Crippen LogP contribution in [0.25, 0.3) is 0 Å². The normalized spacial score (nSPS) is 17.2. The second-order valence-corrected chi connectivity index (χ2v) is 11.1. The molecule has 0 saturated carbocycles. The molecule has 2 aromatic rings. The van der Waals surface area contributed by atoms with Crippen molar-refractivity contribution in [3.05, 3.63) is 99.5 Å². The molecule has 1 N–H and O–H groups in total. The van der Waals surface area contributed by atoms with Crippen LogP contribution in [0, 0.1) is 5.41 Å². The van der Waals surface area contributed by atoms with E-state index in [2.05, 4.69) is 51.2 Å². The summed E-state index contributed by atoms with van der Waals surface area (Å²) in [5, 5.41) is 4.10. The summed E-state index contributed by atoms with van der Waals surface area (Å²) >= 11 is 6.87. The third kappa shape index (κ3) is 9.09. The molecule has 3 rings (SSSR count). The van der Waals surface area contributed by atoms with Gasteiger partial charge in [0.1, 0.15) is 18.6 Å². The molecule has 0 bridgehead atoms. The average Bonchev–Trinajstić information content (AvgIpc) is 3.10. The number of allylic oxidation sites excluding steroid dienone is 3. The Kier molecular flexibility index (Phi) is 13.4. The van der Waals surface area contributed by atoms with Crippen LogP contribution in [0.15, 0.2) is 77.8 Å². The van der Waals surface area contributed by atoms with Gasteiger partial charge in [-0.15, -0.1) is 0 Å². The van der Waals surface area contributed by atoms with E-state index in [-0.39, 0.29) is 11.3 Å². The molecule has 6 heteroatoms. The predicted molar refractivity (Wildman–Crippen MR) is 171 cm³/mol. The third-order valence-electron chi connectivity index (χ3n) is 6.89. The minimum Gasteiger partial charge on any atom is -0.487 e. The minimum absolute atomic E-state index is 0.0657. The van der Waals surface area contributed by atoms with Crippen molar-refractivity contribution >= 4 is 23.8 Å². The van der Waals surface area contributed by atoms with E-state index in [0.29, 0.717) is 30.2 Å². The van der Waals surface area contributed by atoms with Gasteiger partial charge in [0.25, 0.3) is 0 Å². The lowest BCUT2D eigenvalue weighted by Crippen LogP contribution is -2.32. The summed E-state index contributed by atoms with van der Waals surface area (Å²) in [7, 11) is 0. The fraction of sp³-hybridized carbons (Fsp3) is 0.429. The van der Waals surface area contributed by atoms with Gasteiger partial charge >= 0.3 is 0 Å². The Bertz CT molecular complexity index is 1260. The summed E-state index contributed by atoms with van der Waals surface area (Å²) in [6.45, 7) is 16.3. The molecule has 1 aliphatic rings. The Balaban J connectivity index is 0.00000287. The summed E-state index contributed by atoms with van der Waals surface area (Å²) in [6.07, 6.45) is 9.72. The number of aryl methyl sites for hydroxylation is 1. The number of benzene rings is 2. The zero-order valence-corrected chi connectivity index (χ0v) is 26.8. The molecular formula is C35H47ClN2O3. The van der Waals surface area contributed by atoms with Crippen LogP contribution in [0.1, 0.15) is 97.4 Å². The summed E-state index contributed by atoms with van der Waals surface area (Å²) < 4.78 is 6.20. The van der Waals surface area contributed by atoms with E-state index in [1.54, 1.807) is 6.92 Å². The molecule has 41 heavy (non-hydrogen) atoms. The van der Waals surface area contributed by atoms with Crippen LogP contribution >= 0.6 is 11.6 Å². The zero-order chi connectivity index (χ0) is 30.6. The molecular weight excluding hydrogens is 532 g/mol. The van der Waals surface area contributed by atoms with Crippen molar-refractivity contribution in [1.29, 1.82) is 0 Å². The lowest BCUT2D eigenvalue weighted by atomic mass is 9.84. The van der Waals surface area contributed by atoms with E-state index >= 15 is 0 Å². The highest BCUT2D eigenvalue weighted by molar-refractivity contribution is 6.32. The number of carbonyl (C=O) groups is 2. The quantitative estimate of drug-likeness (QED) is 0.286. The Morgan fingerprint density at radius 3 is 2.39 bits per heavy atom. The molecule has 1 heterocycles. The van der Waals surface area contributed by atoms with Crippen LogP contribution in [-0.4, -0.2) is 17.1 Å². The van der Waals surface area contributed by atoms with Gasteiger partial charge in [-0.05, 0) is 66.5 Å². The molecule has 0 radical (unpaired) electrons. The van der Waals surface area contributed by atoms with E-state index in [4.69, 9.17) is 16.3 Å². The van der Waals surface area contributed by atoms with E-state index in [1.165, 1.54) is 0 Å². The first-order valence-corrected chi connectivity index (χ1v) is 15.1. The molecule has 0 aromatic heterocycles. The second kappa shape index (κ2) is 16.2. The van der Waals surface area contributed by atoms with Gasteiger partial charge in [-0.25, -0.2) is 0 Å². The van der Waals surface area contributed by atoms with Crippen molar-refractivity contribution in [2.45, 2.75) is 93.7 Å². The molecule has 0 fully saturated rings. The van der Waals surface area contributed by atoms with Crippen LogP contribution in [0.3, 0.4) is 0 Å². The summed E-state index contributed by atoms with van der Waals surface area (Å²) in [5.41, 5.74) is 5.37. The molecule has 0 aliphatic carbocycles. The van der Waals surface area contributed by atoms with Crippen molar-refractivity contribution in [3.8, 4) is 5.75 Å². The number of hydrogen-bond acceptors (Lipinski definition) is 4. The summed E-state index contributed by atoms with van der Waals surface area (Å²) in [5.74, 6) is 0.603.